The Labute approximate surface area is 92.1 Å². The second kappa shape index (κ2) is 4.58. The fourth-order valence-corrected chi connectivity index (χ4v) is 1.79. The Hall–Kier alpha value is -1.15. The van der Waals surface area contributed by atoms with E-state index in [1.807, 2.05) is 37.3 Å². The van der Waals surface area contributed by atoms with Crippen LogP contribution in [0.4, 0.5) is 0 Å². The fraction of sp³-hybridized carbons (Fsp3) is 0.462. The van der Waals surface area contributed by atoms with Gasteiger partial charge in [-0.25, -0.2) is 0 Å². The maximum Gasteiger partial charge on any atom is 0.171 e. The molecule has 0 fully saturated rings. The van der Waals surface area contributed by atoms with Crippen molar-refractivity contribution in [3.8, 4) is 0 Å². The summed E-state index contributed by atoms with van der Waals surface area (Å²) < 4.78 is 0.819. The number of hydrogen-bond acceptors (Lipinski definition) is 1. The normalized spacial score (nSPS) is 13.6. The third-order valence-electron chi connectivity index (χ3n) is 2.33. The molecule has 2 nitrogen and oxygen atoms in total. The van der Waals surface area contributed by atoms with Crippen LogP contribution in [0.25, 0.3) is 0 Å². The molecule has 82 valence electrons. The monoisotopic (exact) mass is 206 g/mol. The molecule has 1 aromatic rings. The number of carbonyl (C=O) groups excluding carboxylic acids is 1. The minimum Gasteiger partial charge on any atom is -0.330 e. The van der Waals surface area contributed by atoms with E-state index in [2.05, 4.69) is 21.1 Å². The van der Waals surface area contributed by atoms with Crippen LogP contribution in [-0.4, -0.2) is 38.0 Å². The van der Waals surface area contributed by atoms with Crippen molar-refractivity contribution in [2.45, 2.75) is 6.92 Å². The van der Waals surface area contributed by atoms with E-state index in [1.54, 1.807) is 0 Å². The van der Waals surface area contributed by atoms with Gasteiger partial charge < -0.3 is 4.48 Å². The number of carbonyl (C=O) groups is 1. The number of hydrogen-bond donors (Lipinski definition) is 0. The van der Waals surface area contributed by atoms with E-state index in [1.165, 1.54) is 0 Å². The number of ketones is 1. The number of rotatable bonds is 4. The second-order valence-electron chi connectivity index (χ2n) is 5.10. The van der Waals surface area contributed by atoms with Crippen molar-refractivity contribution in [2.75, 3.05) is 27.7 Å². The van der Waals surface area contributed by atoms with Crippen molar-refractivity contribution in [3.05, 3.63) is 35.9 Å². The van der Waals surface area contributed by atoms with Crippen molar-refractivity contribution >= 4 is 5.78 Å². The summed E-state index contributed by atoms with van der Waals surface area (Å²) in [5.41, 5.74) is 0.818. The van der Waals surface area contributed by atoms with Gasteiger partial charge in [0, 0.05) is 5.56 Å². The third kappa shape index (κ3) is 3.84. The van der Waals surface area contributed by atoms with Gasteiger partial charge in [-0.1, -0.05) is 30.3 Å². The SMILES string of the molecule is CC(C[N+](C)(C)C)C(=O)c1ccccc1. The maximum absolute atomic E-state index is 12.0. The minimum atomic E-state index is 0.0763. The smallest absolute Gasteiger partial charge is 0.171 e. The van der Waals surface area contributed by atoms with Crippen LogP contribution >= 0.6 is 0 Å². The van der Waals surface area contributed by atoms with Gasteiger partial charge >= 0.3 is 0 Å². The summed E-state index contributed by atoms with van der Waals surface area (Å²) in [5, 5.41) is 0. The van der Waals surface area contributed by atoms with Gasteiger partial charge in [0.25, 0.3) is 0 Å². The Morgan fingerprint density at radius 3 is 2.20 bits per heavy atom. The lowest BCUT2D eigenvalue weighted by Gasteiger charge is -2.26. The molecule has 1 aromatic carbocycles. The Morgan fingerprint density at radius 2 is 1.73 bits per heavy atom. The van der Waals surface area contributed by atoms with E-state index in [0.717, 1.165) is 16.6 Å². The molecular formula is C13H20NO+. The fourth-order valence-electron chi connectivity index (χ4n) is 1.79. The van der Waals surface area contributed by atoms with Gasteiger partial charge in [0.15, 0.2) is 5.78 Å². The van der Waals surface area contributed by atoms with E-state index in [-0.39, 0.29) is 11.7 Å². The summed E-state index contributed by atoms with van der Waals surface area (Å²) in [5.74, 6) is 0.316. The summed E-state index contributed by atoms with van der Waals surface area (Å²) in [4.78, 5) is 12.0. The first-order chi connectivity index (χ1) is 6.90. The molecule has 0 aromatic heterocycles. The molecule has 1 rings (SSSR count). The molecule has 0 heterocycles. The Bertz CT molecular complexity index is 324. The highest BCUT2D eigenvalue weighted by Gasteiger charge is 2.21. The second-order valence-corrected chi connectivity index (χ2v) is 5.10. The number of benzene rings is 1. The van der Waals surface area contributed by atoms with E-state index >= 15 is 0 Å². The molecule has 2 heteroatoms. The van der Waals surface area contributed by atoms with Gasteiger partial charge in [-0.05, 0) is 6.92 Å². The van der Waals surface area contributed by atoms with Crippen LogP contribution in [-0.2, 0) is 0 Å². The molecule has 0 saturated carbocycles. The van der Waals surface area contributed by atoms with Crippen molar-refractivity contribution in [1.29, 1.82) is 0 Å². The van der Waals surface area contributed by atoms with Crippen molar-refractivity contribution in [3.63, 3.8) is 0 Å². The highest BCUT2D eigenvalue weighted by molar-refractivity contribution is 5.97. The zero-order valence-electron chi connectivity index (χ0n) is 10.0. The van der Waals surface area contributed by atoms with Gasteiger partial charge in [-0.15, -0.1) is 0 Å². The molecule has 0 N–H and O–H groups in total. The lowest BCUT2D eigenvalue weighted by atomic mass is 9.98. The van der Waals surface area contributed by atoms with E-state index in [0.29, 0.717) is 0 Å². The van der Waals surface area contributed by atoms with Crippen molar-refractivity contribution in [1.82, 2.24) is 0 Å². The summed E-state index contributed by atoms with van der Waals surface area (Å²) in [6.45, 7) is 2.87. The highest BCUT2D eigenvalue weighted by Crippen LogP contribution is 2.11. The zero-order valence-corrected chi connectivity index (χ0v) is 10.0. The van der Waals surface area contributed by atoms with Crippen LogP contribution in [0.1, 0.15) is 17.3 Å². The largest absolute Gasteiger partial charge is 0.330 e. The van der Waals surface area contributed by atoms with Crippen molar-refractivity contribution in [2.24, 2.45) is 5.92 Å². The van der Waals surface area contributed by atoms with Gasteiger partial charge in [-0.3, -0.25) is 4.79 Å². The van der Waals surface area contributed by atoms with E-state index in [9.17, 15) is 4.79 Å². The summed E-state index contributed by atoms with van der Waals surface area (Å²) in [6, 6.07) is 9.52. The standard InChI is InChI=1S/C13H20NO/c1-11(10-14(2,3)4)13(15)12-8-6-5-7-9-12/h5-9,11H,10H2,1-4H3/q+1. The lowest BCUT2D eigenvalue weighted by Crippen LogP contribution is -2.40. The van der Waals surface area contributed by atoms with Gasteiger partial charge in [0.2, 0.25) is 0 Å². The lowest BCUT2D eigenvalue weighted by molar-refractivity contribution is -0.872. The molecule has 0 amide bonds. The average molecular weight is 206 g/mol. The quantitative estimate of drug-likeness (QED) is 0.545. The van der Waals surface area contributed by atoms with Gasteiger partial charge in [0.05, 0.1) is 33.6 Å². The predicted molar refractivity (Wildman–Crippen MR) is 62.8 cm³/mol. The van der Waals surface area contributed by atoms with Crippen LogP contribution in [0.3, 0.4) is 0 Å². The Kier molecular flexibility index (Phi) is 3.64. The first kappa shape index (κ1) is 11.9. The van der Waals surface area contributed by atoms with Crippen molar-refractivity contribution < 1.29 is 9.28 Å². The van der Waals surface area contributed by atoms with Crippen LogP contribution in [0.5, 0.6) is 0 Å². The van der Waals surface area contributed by atoms with Gasteiger partial charge in [-0.2, -0.15) is 0 Å². The van der Waals surface area contributed by atoms with Crippen LogP contribution in [0.15, 0.2) is 30.3 Å². The van der Waals surface area contributed by atoms with Gasteiger partial charge in [0.1, 0.15) is 0 Å². The average Bonchev–Trinajstić information content (AvgIpc) is 2.15. The molecule has 0 spiro atoms. The molecule has 0 bridgehead atoms. The van der Waals surface area contributed by atoms with E-state index in [4.69, 9.17) is 0 Å². The highest BCUT2D eigenvalue weighted by atomic mass is 16.1. The zero-order chi connectivity index (χ0) is 11.5. The number of nitrogens with zero attached hydrogens (tertiary/aromatic N) is 1. The summed E-state index contributed by atoms with van der Waals surface area (Å²) in [7, 11) is 6.32. The minimum absolute atomic E-state index is 0.0763. The molecule has 1 atom stereocenters. The molecular weight excluding hydrogens is 186 g/mol. The molecule has 1 unspecified atom stereocenters. The molecule has 0 aliphatic heterocycles. The third-order valence-corrected chi connectivity index (χ3v) is 2.33. The molecule has 0 saturated heterocycles. The van der Waals surface area contributed by atoms with Crippen LogP contribution < -0.4 is 0 Å². The predicted octanol–water partition coefficient (Wildman–Crippen LogP) is 2.21. The van der Waals surface area contributed by atoms with E-state index < -0.39 is 0 Å². The topological polar surface area (TPSA) is 17.1 Å². The Morgan fingerprint density at radius 1 is 1.20 bits per heavy atom. The maximum atomic E-state index is 12.0. The van der Waals surface area contributed by atoms with Crippen LogP contribution in [0, 0.1) is 5.92 Å². The molecule has 15 heavy (non-hydrogen) atoms. The molecule has 0 radical (unpaired) electrons. The first-order valence-corrected chi connectivity index (χ1v) is 5.30. The van der Waals surface area contributed by atoms with Crippen LogP contribution in [0.2, 0.25) is 0 Å². The Balaban J connectivity index is 2.70. The summed E-state index contributed by atoms with van der Waals surface area (Å²) >= 11 is 0. The first-order valence-electron chi connectivity index (χ1n) is 5.30. The number of Topliss-reactive ketones (excluding diaryl/α,β-unsaturated/α-hetero) is 1. The summed E-state index contributed by atoms with van der Waals surface area (Å²) in [6.07, 6.45) is 0. The molecule has 0 aliphatic rings. The molecule has 0 aliphatic carbocycles. The number of quaternary nitrogens is 1.